The summed E-state index contributed by atoms with van der Waals surface area (Å²) in [5.74, 6) is -8.85. The Balaban J connectivity index is 2.07. The second-order valence-corrected chi connectivity index (χ2v) is 10.1. The molecule has 0 aliphatic heterocycles. The van der Waals surface area contributed by atoms with Gasteiger partial charge in [-0.3, -0.25) is 19.3 Å². The van der Waals surface area contributed by atoms with Crippen LogP contribution in [0, 0.1) is 15.4 Å². The van der Waals surface area contributed by atoms with Gasteiger partial charge in [0.15, 0.2) is 11.4 Å². The van der Waals surface area contributed by atoms with Crippen molar-refractivity contribution in [3.8, 4) is 5.75 Å². The summed E-state index contributed by atoms with van der Waals surface area (Å²) in [6.45, 7) is 1.68. The maximum atomic E-state index is 13.7. The number of carbonyl (C=O) groups is 3. The lowest BCUT2D eigenvalue weighted by atomic mass is 9.54. The van der Waals surface area contributed by atoms with E-state index in [1.165, 1.54) is 19.0 Å². The van der Waals surface area contributed by atoms with E-state index in [0.717, 1.165) is 0 Å². The Morgan fingerprint density at radius 2 is 1.79 bits per heavy atom. The van der Waals surface area contributed by atoms with E-state index in [1.54, 1.807) is 19.1 Å². The van der Waals surface area contributed by atoms with E-state index in [9.17, 15) is 39.9 Å². The highest BCUT2D eigenvalue weighted by molar-refractivity contribution is 14.1. The molecule has 0 aromatic heterocycles. The molecule has 33 heavy (non-hydrogen) atoms. The van der Waals surface area contributed by atoms with Crippen LogP contribution >= 0.6 is 22.6 Å². The van der Waals surface area contributed by atoms with Gasteiger partial charge in [-0.15, -0.1) is 0 Å². The first-order valence-corrected chi connectivity index (χ1v) is 11.2. The summed E-state index contributed by atoms with van der Waals surface area (Å²) in [5.41, 5.74) is 1.49. The minimum atomic E-state index is -2.90. The average molecular weight is 570 g/mol. The van der Waals surface area contributed by atoms with Crippen LogP contribution in [0.4, 0.5) is 0 Å². The average Bonchev–Trinajstić information content (AvgIpc) is 2.72. The van der Waals surface area contributed by atoms with Crippen LogP contribution < -0.4 is 5.73 Å². The molecular formula is C22H23IN2O8. The molecule has 1 fully saturated rings. The lowest BCUT2D eigenvalue weighted by Gasteiger charge is -2.53. The summed E-state index contributed by atoms with van der Waals surface area (Å²) in [7, 11) is 2.92. The van der Waals surface area contributed by atoms with Gasteiger partial charge < -0.3 is 31.3 Å². The van der Waals surface area contributed by atoms with Crippen molar-refractivity contribution < 1.29 is 39.9 Å². The standard InChI is InChI=1S/C22H23IN2O8/c1-6-7-4-5-8(23)15(26)10(7)16(27)11-9(6)17(28)13-14(25(2)3)18(29)12(21(24)32)20(31)22(13,33)19(11)30/h4-6,9,13-14,17,26-28,31,33H,1-3H3,(H2,24,32)/t6-,9+,13+,14-,17+,22-/m1/s1. The van der Waals surface area contributed by atoms with Gasteiger partial charge in [0.1, 0.15) is 22.8 Å². The van der Waals surface area contributed by atoms with E-state index in [4.69, 9.17) is 5.73 Å². The third-order valence-electron chi connectivity index (χ3n) is 7.08. The molecule has 4 rings (SSSR count). The topological polar surface area (TPSA) is 182 Å². The summed E-state index contributed by atoms with van der Waals surface area (Å²) in [6, 6.07) is 1.91. The molecule has 0 saturated heterocycles. The fourth-order valence-corrected chi connectivity index (χ4v) is 6.04. The number of hydrogen-bond donors (Lipinski definition) is 6. The first kappa shape index (κ1) is 23.7. The molecule has 176 valence electrons. The molecule has 7 N–H and O–H groups in total. The Morgan fingerprint density at radius 1 is 1.18 bits per heavy atom. The number of aromatic hydroxyl groups is 1. The number of likely N-dealkylation sites (N-methyl/N-ethyl adjacent to an activating group) is 1. The molecule has 1 amide bonds. The predicted molar refractivity (Wildman–Crippen MR) is 123 cm³/mol. The number of carbonyl (C=O) groups excluding carboxylic acids is 3. The number of rotatable bonds is 2. The van der Waals surface area contributed by atoms with Crippen LogP contribution in [0.25, 0.3) is 5.76 Å². The molecule has 1 aromatic carbocycles. The van der Waals surface area contributed by atoms with E-state index < -0.39 is 75.6 Å². The van der Waals surface area contributed by atoms with E-state index in [0.29, 0.717) is 9.13 Å². The number of aliphatic hydroxyl groups excluding tert-OH is 3. The number of primary amides is 1. The highest BCUT2D eigenvalue weighted by atomic mass is 127. The van der Waals surface area contributed by atoms with Crippen LogP contribution in [-0.2, 0) is 14.4 Å². The zero-order valence-corrected chi connectivity index (χ0v) is 20.1. The Kier molecular flexibility index (Phi) is 5.39. The Bertz CT molecular complexity index is 1190. The van der Waals surface area contributed by atoms with Crippen LogP contribution in [-0.4, -0.2) is 79.7 Å². The van der Waals surface area contributed by atoms with E-state index in [-0.39, 0.29) is 11.3 Å². The maximum absolute atomic E-state index is 13.7. The SMILES string of the molecule is C[C@@H]1c2ccc(I)c(O)c2C(O)=C2C(=O)[C@@]3(O)C(O)=C(C(N)=O)C(=O)[C@H](N(C)C)[C@H]3[C@@H](O)[C@H]21. The van der Waals surface area contributed by atoms with Crippen molar-refractivity contribution in [2.45, 2.75) is 30.6 Å². The van der Waals surface area contributed by atoms with E-state index in [1.807, 2.05) is 22.6 Å². The molecule has 1 aromatic rings. The normalized spacial score (nSPS) is 33.7. The zero-order chi connectivity index (χ0) is 24.7. The number of nitrogens with two attached hydrogens (primary N) is 1. The number of fused-ring (bicyclic) bond motifs is 3. The summed E-state index contributed by atoms with van der Waals surface area (Å²) in [5, 5.41) is 55.4. The first-order chi connectivity index (χ1) is 15.3. The van der Waals surface area contributed by atoms with Crippen molar-refractivity contribution in [2.24, 2.45) is 17.6 Å². The molecule has 0 spiro atoms. The molecule has 10 nitrogen and oxygen atoms in total. The summed E-state index contributed by atoms with van der Waals surface area (Å²) < 4.78 is 0.402. The van der Waals surface area contributed by atoms with E-state index >= 15 is 0 Å². The third kappa shape index (κ3) is 2.85. The van der Waals surface area contributed by atoms with Crippen LogP contribution in [0.5, 0.6) is 5.75 Å². The minimum absolute atomic E-state index is 0.0158. The molecule has 1 saturated carbocycles. The van der Waals surface area contributed by atoms with Gasteiger partial charge in [0.05, 0.1) is 27.2 Å². The van der Waals surface area contributed by atoms with Gasteiger partial charge in [-0.2, -0.15) is 0 Å². The number of phenols is 1. The van der Waals surface area contributed by atoms with Crippen LogP contribution in [0.1, 0.15) is 24.0 Å². The Morgan fingerprint density at radius 3 is 2.33 bits per heavy atom. The monoisotopic (exact) mass is 570 g/mol. The van der Waals surface area contributed by atoms with Crippen molar-refractivity contribution in [1.29, 1.82) is 0 Å². The number of Topliss-reactive ketones (excluding diaryl/α,β-unsaturated/α-hetero) is 2. The molecule has 11 heteroatoms. The van der Waals surface area contributed by atoms with Gasteiger partial charge in [0.25, 0.3) is 5.91 Å². The van der Waals surface area contributed by atoms with Crippen LogP contribution in [0.2, 0.25) is 0 Å². The van der Waals surface area contributed by atoms with Gasteiger partial charge in [-0.25, -0.2) is 0 Å². The van der Waals surface area contributed by atoms with Gasteiger partial charge >= 0.3 is 0 Å². The van der Waals surface area contributed by atoms with Crippen molar-refractivity contribution in [3.05, 3.63) is 43.7 Å². The minimum Gasteiger partial charge on any atom is -0.508 e. The lowest BCUT2D eigenvalue weighted by molar-refractivity contribution is -0.169. The van der Waals surface area contributed by atoms with Crippen molar-refractivity contribution in [3.63, 3.8) is 0 Å². The second kappa shape index (κ2) is 7.52. The second-order valence-electron chi connectivity index (χ2n) is 8.91. The Hall–Kier alpha value is -2.48. The number of nitrogens with zero attached hydrogens (tertiary/aromatic N) is 1. The third-order valence-corrected chi connectivity index (χ3v) is 7.95. The van der Waals surface area contributed by atoms with Gasteiger partial charge in [0.2, 0.25) is 5.78 Å². The van der Waals surface area contributed by atoms with Crippen LogP contribution in [0.3, 0.4) is 0 Å². The quantitative estimate of drug-likeness (QED) is 0.212. The van der Waals surface area contributed by atoms with Gasteiger partial charge in [-0.1, -0.05) is 13.0 Å². The fourth-order valence-electron chi connectivity index (χ4n) is 5.59. The molecular weight excluding hydrogens is 547 g/mol. The maximum Gasteiger partial charge on any atom is 0.255 e. The number of hydrogen-bond acceptors (Lipinski definition) is 9. The molecule has 0 radical (unpaired) electrons. The van der Waals surface area contributed by atoms with Gasteiger partial charge in [0, 0.05) is 11.5 Å². The Labute approximate surface area is 202 Å². The van der Waals surface area contributed by atoms with Crippen molar-refractivity contribution >= 4 is 45.8 Å². The molecule has 0 bridgehead atoms. The van der Waals surface area contributed by atoms with Gasteiger partial charge in [-0.05, 0) is 54.2 Å². The molecule has 0 unspecified atom stereocenters. The highest BCUT2D eigenvalue weighted by Gasteiger charge is 2.68. The molecule has 3 aliphatic carbocycles. The summed E-state index contributed by atoms with van der Waals surface area (Å²) >= 11 is 1.85. The summed E-state index contributed by atoms with van der Waals surface area (Å²) in [4.78, 5) is 40.1. The number of benzene rings is 1. The predicted octanol–water partition coefficient (Wildman–Crippen LogP) is 0.100. The first-order valence-electron chi connectivity index (χ1n) is 10.1. The number of phenolic OH excluding ortho intramolecular Hbond substituents is 1. The van der Waals surface area contributed by atoms with Crippen molar-refractivity contribution in [1.82, 2.24) is 4.90 Å². The van der Waals surface area contributed by atoms with Crippen molar-refractivity contribution in [2.75, 3.05) is 14.1 Å². The smallest absolute Gasteiger partial charge is 0.255 e. The number of aliphatic hydroxyl groups is 4. The molecule has 6 atom stereocenters. The van der Waals surface area contributed by atoms with Crippen LogP contribution in [0.15, 0.2) is 29.0 Å². The molecule has 0 heterocycles. The van der Waals surface area contributed by atoms with E-state index in [2.05, 4.69) is 0 Å². The number of ketones is 2. The number of halogens is 1. The highest BCUT2D eigenvalue weighted by Crippen LogP contribution is 2.56. The number of amides is 1. The fraction of sp³-hybridized carbons (Fsp3) is 0.409. The zero-order valence-electron chi connectivity index (χ0n) is 17.9. The summed E-state index contributed by atoms with van der Waals surface area (Å²) in [6.07, 6.45) is -1.60. The molecule has 3 aliphatic rings. The largest absolute Gasteiger partial charge is 0.508 e. The lowest BCUT2D eigenvalue weighted by Crippen LogP contribution is -2.70.